The van der Waals surface area contributed by atoms with Crippen molar-refractivity contribution in [3.8, 4) is 0 Å². The molecule has 118 valence electrons. The minimum absolute atomic E-state index is 0.0980. The Kier molecular flexibility index (Phi) is 6.12. The molecular formula is C21H21BrO. The summed E-state index contributed by atoms with van der Waals surface area (Å²) in [4.78, 5) is 12.1. The molecule has 1 nitrogen and oxygen atoms in total. The average Bonchev–Trinajstić information content (AvgIpc) is 2.80. The van der Waals surface area contributed by atoms with Gasteiger partial charge in [0.25, 0.3) is 0 Å². The van der Waals surface area contributed by atoms with Crippen LogP contribution in [0.15, 0.2) is 81.9 Å². The molecule has 0 bridgehead atoms. The van der Waals surface area contributed by atoms with E-state index in [0.29, 0.717) is 0 Å². The summed E-state index contributed by atoms with van der Waals surface area (Å²) in [6.45, 7) is 5.55. The smallest absolute Gasteiger partial charge is 0.156 e. The number of Topliss-reactive ketones (excluding diaryl/α,β-unsaturated/α-hetero) is 1. The van der Waals surface area contributed by atoms with Gasteiger partial charge in [-0.3, -0.25) is 4.79 Å². The first-order valence-corrected chi connectivity index (χ1v) is 8.52. The van der Waals surface area contributed by atoms with E-state index in [2.05, 4.69) is 52.4 Å². The molecule has 0 N–H and O–H groups in total. The Morgan fingerprint density at radius 1 is 1.22 bits per heavy atom. The van der Waals surface area contributed by atoms with E-state index in [1.54, 1.807) is 6.92 Å². The lowest BCUT2D eigenvalue weighted by Crippen LogP contribution is -2.03. The third-order valence-corrected chi connectivity index (χ3v) is 4.38. The van der Waals surface area contributed by atoms with Crippen molar-refractivity contribution in [3.05, 3.63) is 87.5 Å². The van der Waals surface area contributed by atoms with Crippen LogP contribution in [0.25, 0.3) is 5.57 Å². The number of carbonyl (C=O) groups excluding carboxylic acids is 1. The van der Waals surface area contributed by atoms with Gasteiger partial charge in [0, 0.05) is 10.0 Å². The topological polar surface area (TPSA) is 17.1 Å². The van der Waals surface area contributed by atoms with Crippen LogP contribution in [0.5, 0.6) is 0 Å². The second-order valence-electron chi connectivity index (χ2n) is 5.45. The van der Waals surface area contributed by atoms with Crippen molar-refractivity contribution in [2.45, 2.75) is 27.2 Å². The summed E-state index contributed by atoms with van der Waals surface area (Å²) < 4.78 is 1.03. The fourth-order valence-electron chi connectivity index (χ4n) is 2.63. The van der Waals surface area contributed by atoms with E-state index in [9.17, 15) is 4.79 Å². The van der Waals surface area contributed by atoms with E-state index in [-0.39, 0.29) is 5.78 Å². The number of allylic oxidation sites excluding steroid dienone is 10. The van der Waals surface area contributed by atoms with Gasteiger partial charge in [0.2, 0.25) is 0 Å². The van der Waals surface area contributed by atoms with Gasteiger partial charge in [-0.2, -0.15) is 0 Å². The molecule has 0 spiro atoms. The standard InChI is InChI=1S/C21H21BrO/c1-4-20(18-12-9-13-19(22)14-18)21(15(2)16(3)23)17-10-7-5-6-8-11-17/h4-7,9-14H,8H2,1-3H3/b20-4-,21-15+. The maximum atomic E-state index is 12.1. The number of carbonyl (C=O) groups is 1. The highest BCUT2D eigenvalue weighted by Crippen LogP contribution is 2.34. The van der Waals surface area contributed by atoms with Crippen LogP contribution in [0.3, 0.4) is 0 Å². The summed E-state index contributed by atoms with van der Waals surface area (Å²) in [6.07, 6.45) is 13.4. The number of benzene rings is 1. The third kappa shape index (κ3) is 4.29. The largest absolute Gasteiger partial charge is 0.295 e. The normalized spacial score (nSPS) is 15.8. The van der Waals surface area contributed by atoms with Gasteiger partial charge in [-0.15, -0.1) is 0 Å². The zero-order valence-corrected chi connectivity index (χ0v) is 15.4. The predicted octanol–water partition coefficient (Wildman–Crippen LogP) is 6.20. The fourth-order valence-corrected chi connectivity index (χ4v) is 3.03. The molecule has 0 amide bonds. The van der Waals surface area contributed by atoms with Crippen molar-refractivity contribution in [3.63, 3.8) is 0 Å². The molecule has 1 aromatic carbocycles. The molecular weight excluding hydrogens is 348 g/mol. The highest BCUT2D eigenvalue weighted by molar-refractivity contribution is 9.10. The lowest BCUT2D eigenvalue weighted by Gasteiger charge is -2.17. The van der Waals surface area contributed by atoms with Crippen molar-refractivity contribution in [2.24, 2.45) is 0 Å². The molecule has 0 saturated heterocycles. The lowest BCUT2D eigenvalue weighted by atomic mass is 9.87. The molecule has 2 rings (SSSR count). The van der Waals surface area contributed by atoms with Crippen molar-refractivity contribution >= 4 is 27.3 Å². The van der Waals surface area contributed by atoms with Gasteiger partial charge in [-0.1, -0.05) is 64.5 Å². The first kappa shape index (κ1) is 17.4. The Bertz CT molecular complexity index is 758. The summed E-state index contributed by atoms with van der Waals surface area (Å²) in [5.74, 6) is 0.0980. The number of hydrogen-bond acceptors (Lipinski definition) is 1. The van der Waals surface area contributed by atoms with Crippen LogP contribution >= 0.6 is 15.9 Å². The zero-order valence-electron chi connectivity index (χ0n) is 13.8. The molecule has 2 heteroatoms. The Morgan fingerprint density at radius 2 is 2.00 bits per heavy atom. The maximum absolute atomic E-state index is 12.1. The van der Waals surface area contributed by atoms with Crippen LogP contribution in [0.1, 0.15) is 32.8 Å². The minimum Gasteiger partial charge on any atom is -0.295 e. The van der Waals surface area contributed by atoms with E-state index in [1.165, 1.54) is 0 Å². The summed E-state index contributed by atoms with van der Waals surface area (Å²) in [5, 5.41) is 0. The van der Waals surface area contributed by atoms with E-state index in [0.717, 1.165) is 38.7 Å². The third-order valence-electron chi connectivity index (χ3n) is 3.88. The molecule has 0 fully saturated rings. The number of hydrogen-bond donors (Lipinski definition) is 0. The molecule has 0 atom stereocenters. The zero-order chi connectivity index (χ0) is 16.8. The van der Waals surface area contributed by atoms with Gasteiger partial charge in [0.05, 0.1) is 0 Å². The summed E-state index contributed by atoms with van der Waals surface area (Å²) in [6, 6.07) is 8.18. The summed E-state index contributed by atoms with van der Waals surface area (Å²) in [5.41, 5.74) is 5.07. The van der Waals surface area contributed by atoms with Crippen LogP contribution in [-0.4, -0.2) is 5.78 Å². The summed E-state index contributed by atoms with van der Waals surface area (Å²) in [7, 11) is 0. The van der Waals surface area contributed by atoms with Crippen LogP contribution < -0.4 is 0 Å². The lowest BCUT2D eigenvalue weighted by molar-refractivity contribution is -0.113. The van der Waals surface area contributed by atoms with Crippen LogP contribution in [0.2, 0.25) is 0 Å². The van der Waals surface area contributed by atoms with Gasteiger partial charge >= 0.3 is 0 Å². The van der Waals surface area contributed by atoms with Crippen molar-refractivity contribution in [2.75, 3.05) is 0 Å². The summed E-state index contributed by atoms with van der Waals surface area (Å²) >= 11 is 3.53. The van der Waals surface area contributed by atoms with Crippen molar-refractivity contribution in [1.29, 1.82) is 0 Å². The van der Waals surface area contributed by atoms with E-state index < -0.39 is 0 Å². The van der Waals surface area contributed by atoms with Crippen molar-refractivity contribution < 1.29 is 4.79 Å². The average molecular weight is 369 g/mol. The minimum atomic E-state index is 0.0980. The Morgan fingerprint density at radius 3 is 2.65 bits per heavy atom. The maximum Gasteiger partial charge on any atom is 0.156 e. The molecule has 1 aliphatic carbocycles. The van der Waals surface area contributed by atoms with Crippen molar-refractivity contribution in [1.82, 2.24) is 0 Å². The monoisotopic (exact) mass is 368 g/mol. The predicted molar refractivity (Wildman–Crippen MR) is 102 cm³/mol. The molecule has 0 unspecified atom stereocenters. The Labute approximate surface area is 146 Å². The SMILES string of the molecule is C/C=C(\C(C1=CCC=CC=C1)=C(/C)C(C)=O)c1cccc(Br)c1. The molecule has 0 aromatic heterocycles. The van der Waals surface area contributed by atoms with Gasteiger partial charge in [-0.05, 0) is 61.6 Å². The molecule has 0 saturated carbocycles. The van der Waals surface area contributed by atoms with Gasteiger partial charge in [0.1, 0.15) is 0 Å². The molecule has 0 radical (unpaired) electrons. The van der Waals surface area contributed by atoms with Crippen LogP contribution in [-0.2, 0) is 4.79 Å². The van der Waals surface area contributed by atoms with Crippen LogP contribution in [0, 0.1) is 0 Å². The molecule has 1 aromatic rings. The second kappa shape index (κ2) is 8.07. The number of ketones is 1. The van der Waals surface area contributed by atoms with Gasteiger partial charge in [-0.25, -0.2) is 0 Å². The molecule has 23 heavy (non-hydrogen) atoms. The van der Waals surface area contributed by atoms with Gasteiger partial charge in [0.15, 0.2) is 5.78 Å². The second-order valence-corrected chi connectivity index (χ2v) is 6.37. The molecule has 0 heterocycles. The number of halogens is 1. The first-order chi connectivity index (χ1) is 11.0. The Balaban J connectivity index is 2.64. The number of rotatable bonds is 4. The van der Waals surface area contributed by atoms with E-state index >= 15 is 0 Å². The highest BCUT2D eigenvalue weighted by Gasteiger charge is 2.16. The van der Waals surface area contributed by atoms with E-state index in [4.69, 9.17) is 0 Å². The Hall–Kier alpha value is -1.93. The first-order valence-electron chi connectivity index (χ1n) is 7.72. The molecule has 1 aliphatic rings. The fraction of sp³-hybridized carbons (Fsp3) is 0.190. The highest BCUT2D eigenvalue weighted by atomic mass is 79.9. The van der Waals surface area contributed by atoms with Gasteiger partial charge < -0.3 is 0 Å². The van der Waals surface area contributed by atoms with Crippen LogP contribution in [0.4, 0.5) is 0 Å². The molecule has 0 aliphatic heterocycles. The van der Waals surface area contributed by atoms with E-state index in [1.807, 2.05) is 38.1 Å². The quantitative estimate of drug-likeness (QED) is 0.456.